The Kier molecular flexibility index (Phi) is 5.16. The third-order valence-electron chi connectivity index (χ3n) is 4.34. The third-order valence-corrected chi connectivity index (χ3v) is 4.34. The molecule has 2 rings (SSSR count). The maximum absolute atomic E-state index is 13.4. The molecule has 0 bridgehead atoms. The third kappa shape index (κ3) is 3.38. The summed E-state index contributed by atoms with van der Waals surface area (Å²) in [6.45, 7) is 2.20. The number of carbonyl (C=O) groups excluding carboxylic acids is 1. The van der Waals surface area contributed by atoms with Crippen LogP contribution in [-0.4, -0.2) is 12.9 Å². The minimum absolute atomic E-state index is 0.0267. The van der Waals surface area contributed by atoms with E-state index in [0.29, 0.717) is 11.3 Å². The highest BCUT2D eigenvalue weighted by Gasteiger charge is 2.28. The van der Waals surface area contributed by atoms with Gasteiger partial charge in [-0.25, -0.2) is 4.39 Å². The van der Waals surface area contributed by atoms with Crippen molar-refractivity contribution in [2.75, 3.05) is 7.11 Å². The van der Waals surface area contributed by atoms with Crippen molar-refractivity contribution in [3.63, 3.8) is 0 Å². The Labute approximate surface area is 120 Å². The maximum Gasteiger partial charge on any atom is 0.169 e. The fourth-order valence-corrected chi connectivity index (χ4v) is 3.21. The molecule has 0 aliphatic heterocycles. The quantitative estimate of drug-likeness (QED) is 0.734. The Morgan fingerprint density at radius 1 is 1.30 bits per heavy atom. The molecule has 20 heavy (non-hydrogen) atoms. The molecule has 0 atom stereocenters. The minimum atomic E-state index is -0.381. The summed E-state index contributed by atoms with van der Waals surface area (Å²) in [6, 6.07) is 4.17. The number of Topliss-reactive ketones (excluding diaryl/α,β-unsaturated/α-hetero) is 1. The molecule has 1 fully saturated rings. The van der Waals surface area contributed by atoms with Crippen LogP contribution in [0.3, 0.4) is 0 Å². The largest absolute Gasteiger partial charge is 0.496 e. The van der Waals surface area contributed by atoms with Crippen molar-refractivity contribution in [2.24, 2.45) is 11.8 Å². The van der Waals surface area contributed by atoms with E-state index in [9.17, 15) is 9.18 Å². The molecule has 0 aromatic heterocycles. The predicted molar refractivity (Wildman–Crippen MR) is 77.6 cm³/mol. The van der Waals surface area contributed by atoms with Crippen molar-refractivity contribution in [3.05, 3.63) is 29.6 Å². The van der Waals surface area contributed by atoms with E-state index in [1.54, 1.807) is 0 Å². The lowest BCUT2D eigenvalue weighted by molar-refractivity contribution is 0.0866. The fraction of sp³-hybridized carbons (Fsp3) is 0.588. The number of rotatable bonds is 5. The van der Waals surface area contributed by atoms with Crippen LogP contribution in [0, 0.1) is 17.7 Å². The molecule has 0 amide bonds. The Bertz CT molecular complexity index is 462. The second-order valence-corrected chi connectivity index (χ2v) is 5.72. The van der Waals surface area contributed by atoms with Gasteiger partial charge in [-0.2, -0.15) is 0 Å². The standard InChI is InChI=1S/C17H23FO2/c1-3-4-12-5-7-13(8-6-12)17(19)15-11-14(18)9-10-16(15)20-2/h9-13H,3-8H2,1-2H3. The number of carbonyl (C=O) groups is 1. The van der Waals surface area contributed by atoms with Crippen molar-refractivity contribution < 1.29 is 13.9 Å². The lowest BCUT2D eigenvalue weighted by atomic mass is 9.77. The van der Waals surface area contributed by atoms with Gasteiger partial charge in [0, 0.05) is 5.92 Å². The summed E-state index contributed by atoms with van der Waals surface area (Å²) in [5.41, 5.74) is 0.395. The zero-order chi connectivity index (χ0) is 14.5. The molecule has 110 valence electrons. The van der Waals surface area contributed by atoms with Crippen LogP contribution in [0.4, 0.5) is 4.39 Å². The normalized spacial score (nSPS) is 22.6. The predicted octanol–water partition coefficient (Wildman–Crippen LogP) is 4.62. The number of ketones is 1. The molecule has 2 nitrogen and oxygen atoms in total. The van der Waals surface area contributed by atoms with Gasteiger partial charge in [-0.1, -0.05) is 19.8 Å². The van der Waals surface area contributed by atoms with Crippen LogP contribution in [0.2, 0.25) is 0 Å². The van der Waals surface area contributed by atoms with Gasteiger partial charge >= 0.3 is 0 Å². The van der Waals surface area contributed by atoms with Crippen molar-refractivity contribution >= 4 is 5.78 Å². The number of methoxy groups -OCH3 is 1. The van der Waals surface area contributed by atoms with Gasteiger partial charge in [0.15, 0.2) is 5.78 Å². The molecular weight excluding hydrogens is 255 g/mol. The van der Waals surface area contributed by atoms with Gasteiger partial charge in [-0.3, -0.25) is 4.79 Å². The topological polar surface area (TPSA) is 26.3 Å². The van der Waals surface area contributed by atoms with Crippen LogP contribution in [0.15, 0.2) is 18.2 Å². The van der Waals surface area contributed by atoms with Gasteiger partial charge in [0.25, 0.3) is 0 Å². The SMILES string of the molecule is CCCC1CCC(C(=O)c2cc(F)ccc2OC)CC1. The number of hydrogen-bond acceptors (Lipinski definition) is 2. The Balaban J connectivity index is 2.07. The van der Waals surface area contributed by atoms with Gasteiger partial charge in [0.2, 0.25) is 0 Å². The summed E-state index contributed by atoms with van der Waals surface area (Å²) in [5.74, 6) is 0.925. The van der Waals surface area contributed by atoms with Crippen molar-refractivity contribution in [1.82, 2.24) is 0 Å². The van der Waals surface area contributed by atoms with E-state index >= 15 is 0 Å². The lowest BCUT2D eigenvalue weighted by Gasteiger charge is -2.27. The molecule has 1 aliphatic carbocycles. The highest BCUT2D eigenvalue weighted by molar-refractivity contribution is 6.00. The van der Waals surface area contributed by atoms with E-state index in [4.69, 9.17) is 4.74 Å². The van der Waals surface area contributed by atoms with Crippen molar-refractivity contribution in [2.45, 2.75) is 45.4 Å². The van der Waals surface area contributed by atoms with E-state index in [-0.39, 0.29) is 17.5 Å². The number of halogens is 1. The number of ether oxygens (including phenoxy) is 1. The number of hydrogen-bond donors (Lipinski definition) is 0. The summed E-state index contributed by atoms with van der Waals surface area (Å²) in [4.78, 5) is 12.5. The van der Waals surface area contributed by atoms with Crippen LogP contribution < -0.4 is 4.74 Å². The van der Waals surface area contributed by atoms with Gasteiger partial charge in [-0.15, -0.1) is 0 Å². The lowest BCUT2D eigenvalue weighted by Crippen LogP contribution is -2.22. The van der Waals surface area contributed by atoms with E-state index in [1.165, 1.54) is 38.2 Å². The van der Waals surface area contributed by atoms with Gasteiger partial charge in [0.05, 0.1) is 12.7 Å². The summed E-state index contributed by atoms with van der Waals surface area (Å²) >= 11 is 0. The highest BCUT2D eigenvalue weighted by Crippen LogP contribution is 2.35. The van der Waals surface area contributed by atoms with E-state index in [0.717, 1.165) is 31.6 Å². The summed E-state index contributed by atoms with van der Waals surface area (Å²) < 4.78 is 18.6. The monoisotopic (exact) mass is 278 g/mol. The van der Waals surface area contributed by atoms with Gasteiger partial charge in [-0.05, 0) is 49.8 Å². The molecule has 1 saturated carbocycles. The summed E-state index contributed by atoms with van der Waals surface area (Å²) in [7, 11) is 1.52. The van der Waals surface area contributed by atoms with Crippen LogP contribution in [-0.2, 0) is 0 Å². The van der Waals surface area contributed by atoms with E-state index in [2.05, 4.69) is 6.92 Å². The van der Waals surface area contributed by atoms with E-state index < -0.39 is 0 Å². The van der Waals surface area contributed by atoms with Gasteiger partial charge in [0.1, 0.15) is 11.6 Å². The molecule has 0 radical (unpaired) electrons. The molecule has 1 aromatic carbocycles. The molecule has 0 spiro atoms. The molecule has 3 heteroatoms. The van der Waals surface area contributed by atoms with Crippen molar-refractivity contribution in [1.29, 1.82) is 0 Å². The molecule has 0 saturated heterocycles. The molecule has 0 unspecified atom stereocenters. The first kappa shape index (κ1) is 15.0. The van der Waals surface area contributed by atoms with Crippen LogP contribution in [0.25, 0.3) is 0 Å². The molecule has 1 aliphatic rings. The van der Waals surface area contributed by atoms with Crippen LogP contribution in [0.5, 0.6) is 5.75 Å². The second kappa shape index (κ2) is 6.87. The number of benzene rings is 1. The van der Waals surface area contributed by atoms with Crippen LogP contribution >= 0.6 is 0 Å². The summed E-state index contributed by atoms with van der Waals surface area (Å²) in [6.07, 6.45) is 6.53. The molecular formula is C17H23FO2. The minimum Gasteiger partial charge on any atom is -0.496 e. The molecule has 1 aromatic rings. The average Bonchev–Trinajstić information content (AvgIpc) is 2.47. The Hall–Kier alpha value is -1.38. The van der Waals surface area contributed by atoms with Gasteiger partial charge < -0.3 is 4.74 Å². The van der Waals surface area contributed by atoms with Crippen LogP contribution in [0.1, 0.15) is 55.8 Å². The first-order valence-corrected chi connectivity index (χ1v) is 7.53. The zero-order valence-electron chi connectivity index (χ0n) is 12.3. The molecule has 0 N–H and O–H groups in total. The maximum atomic E-state index is 13.4. The zero-order valence-corrected chi connectivity index (χ0v) is 12.3. The average molecular weight is 278 g/mol. The fourth-order valence-electron chi connectivity index (χ4n) is 3.21. The molecule has 0 heterocycles. The smallest absolute Gasteiger partial charge is 0.169 e. The van der Waals surface area contributed by atoms with E-state index in [1.807, 2.05) is 0 Å². The Morgan fingerprint density at radius 3 is 2.60 bits per heavy atom. The second-order valence-electron chi connectivity index (χ2n) is 5.72. The Morgan fingerprint density at radius 2 is 2.00 bits per heavy atom. The summed E-state index contributed by atoms with van der Waals surface area (Å²) in [5, 5.41) is 0. The van der Waals surface area contributed by atoms with Crippen molar-refractivity contribution in [3.8, 4) is 5.75 Å². The highest BCUT2D eigenvalue weighted by atomic mass is 19.1. The first-order valence-electron chi connectivity index (χ1n) is 7.53. The first-order chi connectivity index (χ1) is 9.65.